The fraction of sp³-hybridized carbons (Fsp3) is 0.188. The molecule has 1 aromatic carbocycles. The summed E-state index contributed by atoms with van der Waals surface area (Å²) in [5, 5.41) is 9.85. The van der Waals surface area contributed by atoms with Gasteiger partial charge in [-0.1, -0.05) is 30.3 Å². The van der Waals surface area contributed by atoms with Gasteiger partial charge in [-0.2, -0.15) is 0 Å². The molecule has 1 aliphatic rings. The van der Waals surface area contributed by atoms with Crippen molar-refractivity contribution in [2.24, 2.45) is 0 Å². The third-order valence-corrected chi connectivity index (χ3v) is 3.89. The second-order valence-corrected chi connectivity index (χ2v) is 5.16. The summed E-state index contributed by atoms with van der Waals surface area (Å²) in [7, 11) is 0. The quantitative estimate of drug-likeness (QED) is 0.868. The van der Waals surface area contributed by atoms with Crippen LogP contribution in [0.15, 0.2) is 48.8 Å². The first-order chi connectivity index (χ1) is 10.1. The fourth-order valence-corrected chi connectivity index (χ4v) is 2.62. The molecule has 1 unspecified atom stereocenters. The Kier molecular flexibility index (Phi) is 3.07. The number of nitrogens with zero attached hydrogens (tertiary/aromatic N) is 2. The topological polar surface area (TPSA) is 70.5 Å². The number of aliphatic hydroxyl groups excluding tert-OH is 1. The first-order valence-electron chi connectivity index (χ1n) is 6.59. The standard InChI is InChI=1S/C16H14N2O3/c1-16(10-19,11-5-3-2-4-6-11)18-14(20)12-7-8-17-9-13(12)15(18)21/h2-9,19H,10H2,1H3. The molecule has 1 N–H and O–H groups in total. The van der Waals surface area contributed by atoms with Gasteiger partial charge in [0.1, 0.15) is 0 Å². The number of hydrogen-bond acceptors (Lipinski definition) is 4. The van der Waals surface area contributed by atoms with Gasteiger partial charge in [-0.25, -0.2) is 0 Å². The minimum absolute atomic E-state index is 0.276. The Labute approximate surface area is 121 Å². The Hall–Kier alpha value is -2.53. The molecule has 5 heteroatoms. The van der Waals surface area contributed by atoms with Crippen molar-refractivity contribution >= 4 is 11.8 Å². The van der Waals surface area contributed by atoms with Crippen molar-refractivity contribution in [2.75, 3.05) is 6.61 Å². The van der Waals surface area contributed by atoms with E-state index in [9.17, 15) is 14.7 Å². The lowest BCUT2D eigenvalue weighted by atomic mass is 9.91. The van der Waals surface area contributed by atoms with E-state index in [1.54, 1.807) is 19.1 Å². The van der Waals surface area contributed by atoms with Gasteiger partial charge in [0.15, 0.2) is 0 Å². The zero-order chi connectivity index (χ0) is 15.0. The van der Waals surface area contributed by atoms with Crippen molar-refractivity contribution in [3.05, 3.63) is 65.5 Å². The Bertz CT molecular complexity index is 679. The molecule has 0 spiro atoms. The molecule has 2 aromatic rings. The Morgan fingerprint density at radius 3 is 2.38 bits per heavy atom. The maximum atomic E-state index is 12.6. The van der Waals surface area contributed by atoms with Gasteiger partial charge in [0.2, 0.25) is 0 Å². The number of imide groups is 1. The lowest BCUT2D eigenvalue weighted by Crippen LogP contribution is -2.49. The lowest BCUT2D eigenvalue weighted by Gasteiger charge is -2.36. The molecule has 0 aliphatic carbocycles. The molecule has 2 heterocycles. The Morgan fingerprint density at radius 2 is 1.76 bits per heavy atom. The molecule has 0 saturated carbocycles. The van der Waals surface area contributed by atoms with Crippen LogP contribution in [0.4, 0.5) is 0 Å². The molecule has 5 nitrogen and oxygen atoms in total. The zero-order valence-electron chi connectivity index (χ0n) is 11.5. The average molecular weight is 282 g/mol. The van der Waals surface area contributed by atoms with Crippen LogP contribution in [0.5, 0.6) is 0 Å². The van der Waals surface area contributed by atoms with Gasteiger partial charge >= 0.3 is 0 Å². The summed E-state index contributed by atoms with van der Waals surface area (Å²) in [5.74, 6) is -0.832. The molecule has 21 heavy (non-hydrogen) atoms. The largest absolute Gasteiger partial charge is 0.394 e. The van der Waals surface area contributed by atoms with Crippen molar-refractivity contribution in [1.82, 2.24) is 9.88 Å². The van der Waals surface area contributed by atoms with E-state index in [-0.39, 0.29) is 12.2 Å². The first-order valence-corrected chi connectivity index (χ1v) is 6.59. The van der Waals surface area contributed by atoms with Crippen LogP contribution in [0.1, 0.15) is 33.2 Å². The van der Waals surface area contributed by atoms with Crippen LogP contribution < -0.4 is 0 Å². The summed E-state index contributed by atoms with van der Waals surface area (Å²) in [4.78, 5) is 30.1. The monoisotopic (exact) mass is 282 g/mol. The van der Waals surface area contributed by atoms with Crippen LogP contribution in [0.25, 0.3) is 0 Å². The van der Waals surface area contributed by atoms with E-state index in [2.05, 4.69) is 4.98 Å². The highest BCUT2D eigenvalue weighted by Gasteiger charge is 2.47. The van der Waals surface area contributed by atoms with Crippen LogP contribution >= 0.6 is 0 Å². The second kappa shape index (κ2) is 4.79. The van der Waals surface area contributed by atoms with Gasteiger partial charge in [-0.05, 0) is 18.6 Å². The summed E-state index contributed by atoms with van der Waals surface area (Å²) in [5.41, 5.74) is 0.202. The van der Waals surface area contributed by atoms with Crippen molar-refractivity contribution < 1.29 is 14.7 Å². The smallest absolute Gasteiger partial charge is 0.263 e. The van der Waals surface area contributed by atoms with E-state index in [0.29, 0.717) is 11.1 Å². The van der Waals surface area contributed by atoms with Gasteiger partial charge in [0.25, 0.3) is 11.8 Å². The molecular formula is C16H14N2O3. The van der Waals surface area contributed by atoms with Crippen molar-refractivity contribution in [3.8, 4) is 0 Å². The lowest BCUT2D eigenvalue weighted by molar-refractivity contribution is 0.0292. The number of rotatable bonds is 3. The normalized spacial score (nSPS) is 16.8. The van der Waals surface area contributed by atoms with Gasteiger partial charge in [0, 0.05) is 12.4 Å². The van der Waals surface area contributed by atoms with E-state index >= 15 is 0 Å². The van der Waals surface area contributed by atoms with Crippen molar-refractivity contribution in [3.63, 3.8) is 0 Å². The number of fused-ring (bicyclic) bond motifs is 1. The molecule has 0 fully saturated rings. The summed E-state index contributed by atoms with van der Waals surface area (Å²) >= 11 is 0. The molecule has 0 bridgehead atoms. The maximum absolute atomic E-state index is 12.6. The number of pyridine rings is 1. The van der Waals surface area contributed by atoms with Gasteiger partial charge in [-0.3, -0.25) is 19.5 Å². The van der Waals surface area contributed by atoms with E-state index in [1.807, 2.05) is 18.2 Å². The number of aromatic nitrogens is 1. The summed E-state index contributed by atoms with van der Waals surface area (Å²) < 4.78 is 0. The van der Waals surface area contributed by atoms with Crippen LogP contribution in [0, 0.1) is 0 Å². The number of carbonyl (C=O) groups is 2. The van der Waals surface area contributed by atoms with Crippen molar-refractivity contribution in [1.29, 1.82) is 0 Å². The maximum Gasteiger partial charge on any atom is 0.263 e. The molecule has 106 valence electrons. The average Bonchev–Trinajstić information content (AvgIpc) is 2.80. The summed E-state index contributed by atoms with van der Waals surface area (Å²) in [6.07, 6.45) is 2.87. The highest BCUT2D eigenvalue weighted by atomic mass is 16.3. The van der Waals surface area contributed by atoms with E-state index in [1.165, 1.54) is 18.5 Å². The highest BCUT2D eigenvalue weighted by molar-refractivity contribution is 6.21. The highest BCUT2D eigenvalue weighted by Crippen LogP contribution is 2.35. The van der Waals surface area contributed by atoms with E-state index in [0.717, 1.165) is 4.90 Å². The molecule has 1 aliphatic heterocycles. The van der Waals surface area contributed by atoms with Gasteiger partial charge < -0.3 is 5.11 Å². The predicted molar refractivity (Wildman–Crippen MR) is 75.6 cm³/mol. The SMILES string of the molecule is CC(CO)(c1ccccc1)N1C(=O)c2ccncc2C1=O. The third kappa shape index (κ3) is 1.86. The third-order valence-electron chi connectivity index (χ3n) is 3.89. The fourth-order valence-electron chi connectivity index (χ4n) is 2.62. The summed E-state index contributed by atoms with van der Waals surface area (Å²) in [6, 6.07) is 10.6. The van der Waals surface area contributed by atoms with Crippen LogP contribution in [-0.2, 0) is 5.54 Å². The number of aliphatic hydroxyl groups is 1. The molecule has 0 radical (unpaired) electrons. The molecule has 3 rings (SSSR count). The minimum Gasteiger partial charge on any atom is -0.394 e. The molecular weight excluding hydrogens is 268 g/mol. The number of amides is 2. The van der Waals surface area contributed by atoms with Gasteiger partial charge in [-0.15, -0.1) is 0 Å². The second-order valence-electron chi connectivity index (χ2n) is 5.16. The Morgan fingerprint density at radius 1 is 1.10 bits per heavy atom. The number of benzene rings is 1. The zero-order valence-corrected chi connectivity index (χ0v) is 11.5. The first kappa shape index (κ1) is 13.5. The van der Waals surface area contributed by atoms with Gasteiger partial charge in [0.05, 0.1) is 23.3 Å². The van der Waals surface area contributed by atoms with E-state index in [4.69, 9.17) is 0 Å². The number of carbonyl (C=O) groups excluding carboxylic acids is 2. The van der Waals surface area contributed by atoms with E-state index < -0.39 is 17.4 Å². The van der Waals surface area contributed by atoms with Crippen LogP contribution in [0.3, 0.4) is 0 Å². The molecule has 0 saturated heterocycles. The van der Waals surface area contributed by atoms with Crippen LogP contribution in [-0.4, -0.2) is 33.4 Å². The summed E-state index contributed by atoms with van der Waals surface area (Å²) in [6.45, 7) is 1.33. The Balaban J connectivity index is 2.12. The molecule has 2 amide bonds. The molecule has 1 atom stereocenters. The minimum atomic E-state index is -1.10. The predicted octanol–water partition coefficient (Wildman–Crippen LogP) is 1.59. The molecule has 1 aromatic heterocycles. The number of hydrogen-bond donors (Lipinski definition) is 1. The van der Waals surface area contributed by atoms with Crippen molar-refractivity contribution in [2.45, 2.75) is 12.5 Å². The van der Waals surface area contributed by atoms with Crippen LogP contribution in [0.2, 0.25) is 0 Å².